The first-order chi connectivity index (χ1) is 9.92. The van der Waals surface area contributed by atoms with Crippen molar-refractivity contribution in [2.45, 2.75) is 6.54 Å². The van der Waals surface area contributed by atoms with Gasteiger partial charge in [-0.05, 0) is 6.07 Å². The summed E-state index contributed by atoms with van der Waals surface area (Å²) in [6, 6.07) is 2.81. The van der Waals surface area contributed by atoms with Gasteiger partial charge in [0.1, 0.15) is 17.3 Å². The maximum absolute atomic E-state index is 13.5. The van der Waals surface area contributed by atoms with Crippen molar-refractivity contribution in [3.8, 4) is 0 Å². The Balaban J connectivity index is 2.14. The van der Waals surface area contributed by atoms with Gasteiger partial charge in [0.2, 0.25) is 0 Å². The van der Waals surface area contributed by atoms with E-state index in [1.54, 1.807) is 0 Å². The highest BCUT2D eigenvalue weighted by Crippen LogP contribution is 2.17. The summed E-state index contributed by atoms with van der Waals surface area (Å²) in [5, 5.41) is 2.08. The molecule has 2 rings (SSSR count). The van der Waals surface area contributed by atoms with E-state index in [1.165, 1.54) is 0 Å². The van der Waals surface area contributed by atoms with Crippen LogP contribution in [0.1, 0.15) is 5.56 Å². The van der Waals surface area contributed by atoms with Gasteiger partial charge < -0.3 is 4.74 Å². The highest BCUT2D eigenvalue weighted by atomic mass is 19.1. The quantitative estimate of drug-likeness (QED) is 0.847. The zero-order chi connectivity index (χ0) is 15.6. The molecule has 6 nitrogen and oxygen atoms in total. The summed E-state index contributed by atoms with van der Waals surface area (Å²) in [7, 11) is 1.10. The number of amides is 3. The van der Waals surface area contributed by atoms with Crippen LogP contribution < -0.4 is 5.32 Å². The highest BCUT2D eigenvalue weighted by Gasteiger charge is 2.32. The van der Waals surface area contributed by atoms with E-state index < -0.39 is 29.5 Å². The molecule has 0 aromatic heterocycles. The highest BCUT2D eigenvalue weighted by molar-refractivity contribution is 6.16. The number of imide groups is 1. The van der Waals surface area contributed by atoms with E-state index in [-0.39, 0.29) is 17.8 Å². The second kappa shape index (κ2) is 5.70. The number of benzene rings is 1. The predicted molar refractivity (Wildman–Crippen MR) is 65.5 cm³/mol. The predicted octanol–water partition coefficient (Wildman–Crippen LogP) is 1.07. The summed E-state index contributed by atoms with van der Waals surface area (Å²) in [6.45, 7) is -0.368. The lowest BCUT2D eigenvalue weighted by Crippen LogP contribution is -2.34. The molecule has 1 aromatic rings. The molecule has 8 heteroatoms. The molecule has 0 saturated heterocycles. The smallest absolute Gasteiger partial charge is 0.411 e. The number of nitrogens with zero attached hydrogens (tertiary/aromatic N) is 1. The van der Waals surface area contributed by atoms with Crippen LogP contribution in [0.2, 0.25) is 0 Å². The molecule has 1 aliphatic heterocycles. The molecule has 0 aliphatic carbocycles. The lowest BCUT2D eigenvalue weighted by molar-refractivity contribution is -0.138. The van der Waals surface area contributed by atoms with Crippen LogP contribution >= 0.6 is 0 Å². The molecule has 0 radical (unpaired) electrons. The lowest BCUT2D eigenvalue weighted by atomic mass is 10.2. The van der Waals surface area contributed by atoms with Gasteiger partial charge in [0, 0.05) is 17.7 Å². The summed E-state index contributed by atoms with van der Waals surface area (Å²) in [5.41, 5.74) is -0.291. The van der Waals surface area contributed by atoms with Gasteiger partial charge in [-0.15, -0.1) is 0 Å². The maximum atomic E-state index is 13.5. The fourth-order valence-electron chi connectivity index (χ4n) is 1.73. The van der Waals surface area contributed by atoms with Crippen molar-refractivity contribution >= 4 is 17.9 Å². The van der Waals surface area contributed by atoms with E-state index >= 15 is 0 Å². The van der Waals surface area contributed by atoms with Crippen molar-refractivity contribution < 1.29 is 27.9 Å². The lowest BCUT2D eigenvalue weighted by Gasteiger charge is -2.15. The third kappa shape index (κ3) is 3.04. The van der Waals surface area contributed by atoms with Crippen molar-refractivity contribution in [3.05, 3.63) is 47.2 Å². The van der Waals surface area contributed by atoms with Crippen molar-refractivity contribution in [3.63, 3.8) is 0 Å². The fraction of sp³-hybridized carbons (Fsp3) is 0.154. The van der Waals surface area contributed by atoms with E-state index in [9.17, 15) is 23.2 Å². The van der Waals surface area contributed by atoms with Crippen LogP contribution in [-0.4, -0.2) is 29.9 Å². The Kier molecular flexibility index (Phi) is 3.97. The van der Waals surface area contributed by atoms with Gasteiger partial charge >= 0.3 is 6.09 Å². The topological polar surface area (TPSA) is 75.7 Å². The molecule has 3 amide bonds. The molecule has 21 heavy (non-hydrogen) atoms. The minimum atomic E-state index is -0.905. The number of hydrogen-bond acceptors (Lipinski definition) is 4. The average molecular weight is 296 g/mol. The Morgan fingerprint density at radius 3 is 2.67 bits per heavy atom. The Bertz CT molecular complexity index is 658. The number of methoxy groups -OCH3 is 1. The first kappa shape index (κ1) is 14.6. The van der Waals surface area contributed by atoms with Gasteiger partial charge in [0.15, 0.2) is 0 Å². The van der Waals surface area contributed by atoms with Crippen LogP contribution in [0.5, 0.6) is 0 Å². The van der Waals surface area contributed by atoms with Crippen LogP contribution in [0, 0.1) is 11.6 Å². The minimum Gasteiger partial charge on any atom is -0.453 e. The molecular weight excluding hydrogens is 286 g/mol. The molecule has 0 saturated carbocycles. The summed E-state index contributed by atoms with van der Waals surface area (Å²) >= 11 is 0. The number of alkyl carbamates (subject to hydrolysis) is 1. The number of halogens is 2. The summed E-state index contributed by atoms with van der Waals surface area (Å²) < 4.78 is 30.6. The fourth-order valence-corrected chi connectivity index (χ4v) is 1.73. The van der Waals surface area contributed by atoms with E-state index in [1.807, 2.05) is 0 Å². The summed E-state index contributed by atoms with van der Waals surface area (Å²) in [5.74, 6) is -3.14. The minimum absolute atomic E-state index is 0.0224. The van der Waals surface area contributed by atoms with Gasteiger partial charge in [-0.25, -0.2) is 13.6 Å². The molecule has 0 fully saturated rings. The Morgan fingerprint density at radius 2 is 2.05 bits per heavy atom. The number of carbonyl (C=O) groups excluding carboxylic acids is 3. The van der Waals surface area contributed by atoms with Crippen molar-refractivity contribution in [2.75, 3.05) is 7.11 Å². The molecule has 0 atom stereocenters. The van der Waals surface area contributed by atoms with Crippen molar-refractivity contribution in [1.82, 2.24) is 10.2 Å². The second-order valence-electron chi connectivity index (χ2n) is 4.14. The van der Waals surface area contributed by atoms with Crippen LogP contribution in [0.3, 0.4) is 0 Å². The first-order valence-electron chi connectivity index (χ1n) is 5.79. The molecule has 1 N–H and O–H groups in total. The third-order valence-corrected chi connectivity index (χ3v) is 2.78. The summed E-state index contributed by atoms with van der Waals surface area (Å²) in [6.07, 6.45) is -0.00190. The maximum Gasteiger partial charge on any atom is 0.411 e. The largest absolute Gasteiger partial charge is 0.453 e. The van der Waals surface area contributed by atoms with Crippen LogP contribution in [-0.2, 0) is 20.9 Å². The molecule has 1 heterocycles. The van der Waals surface area contributed by atoms with E-state index in [2.05, 4.69) is 10.1 Å². The zero-order valence-electron chi connectivity index (χ0n) is 10.9. The number of rotatable bonds is 3. The van der Waals surface area contributed by atoms with Gasteiger partial charge in [-0.2, -0.15) is 0 Å². The second-order valence-corrected chi connectivity index (χ2v) is 4.14. The first-order valence-corrected chi connectivity index (χ1v) is 5.79. The molecule has 0 unspecified atom stereocenters. The van der Waals surface area contributed by atoms with E-state index in [0.717, 1.165) is 30.2 Å². The summed E-state index contributed by atoms with van der Waals surface area (Å²) in [4.78, 5) is 35.4. The van der Waals surface area contributed by atoms with Crippen molar-refractivity contribution in [1.29, 1.82) is 0 Å². The average Bonchev–Trinajstić information content (AvgIpc) is 2.69. The SMILES string of the molecule is COC(=O)NC1=CC(=O)N(Cc2ccc(F)cc2F)C1=O. The Labute approximate surface area is 118 Å². The van der Waals surface area contributed by atoms with E-state index in [0.29, 0.717) is 6.07 Å². The van der Waals surface area contributed by atoms with Gasteiger partial charge in [-0.1, -0.05) is 6.07 Å². The van der Waals surface area contributed by atoms with Crippen LogP contribution in [0.25, 0.3) is 0 Å². The molecule has 0 bridgehead atoms. The van der Waals surface area contributed by atoms with Crippen molar-refractivity contribution in [2.24, 2.45) is 0 Å². The monoisotopic (exact) mass is 296 g/mol. The van der Waals surface area contributed by atoms with Crippen LogP contribution in [0.4, 0.5) is 13.6 Å². The molecular formula is C13H10F2N2O4. The molecule has 0 spiro atoms. The molecule has 1 aromatic carbocycles. The Hall–Kier alpha value is -2.77. The number of nitrogens with one attached hydrogen (secondary N) is 1. The Morgan fingerprint density at radius 1 is 1.33 bits per heavy atom. The van der Waals surface area contributed by atoms with Crippen LogP contribution in [0.15, 0.2) is 30.0 Å². The molecule has 110 valence electrons. The van der Waals surface area contributed by atoms with Gasteiger partial charge in [0.25, 0.3) is 11.8 Å². The number of ether oxygens (including phenoxy) is 1. The number of hydrogen-bond donors (Lipinski definition) is 1. The standard InChI is InChI=1S/C13H10F2N2O4/c1-21-13(20)16-10-5-11(18)17(12(10)19)6-7-2-3-8(14)4-9(7)15/h2-5H,6H2,1H3,(H,16,20). The van der Waals surface area contributed by atoms with Gasteiger partial charge in [-0.3, -0.25) is 19.8 Å². The molecule has 1 aliphatic rings. The van der Waals surface area contributed by atoms with Gasteiger partial charge in [0.05, 0.1) is 13.7 Å². The zero-order valence-corrected chi connectivity index (χ0v) is 10.9. The third-order valence-electron chi connectivity index (χ3n) is 2.78. The van der Waals surface area contributed by atoms with E-state index in [4.69, 9.17) is 0 Å². The normalized spacial score (nSPS) is 14.2. The number of carbonyl (C=O) groups is 3.